The standard InChI is InChI=1S/C14H19NO4/c1-3-7-14(17,15-4-2)13(16)10-5-6-11-12(8-10)19-9-18-11/h5-6,8,15,17H,3-4,7,9H2,1-2H3. The molecule has 0 aromatic heterocycles. The molecule has 5 heteroatoms. The van der Waals surface area contributed by atoms with Crippen LogP contribution in [0, 0.1) is 0 Å². The second kappa shape index (κ2) is 5.59. The Bertz CT molecular complexity index is 467. The van der Waals surface area contributed by atoms with Crippen LogP contribution in [0.4, 0.5) is 0 Å². The van der Waals surface area contributed by atoms with E-state index in [1.807, 2.05) is 13.8 Å². The minimum Gasteiger partial charge on any atom is -0.454 e. The third-order valence-electron chi connectivity index (χ3n) is 3.09. The minimum atomic E-state index is -1.52. The summed E-state index contributed by atoms with van der Waals surface area (Å²) in [6.07, 6.45) is 1.08. The minimum absolute atomic E-state index is 0.166. The van der Waals surface area contributed by atoms with Crippen LogP contribution in [0.1, 0.15) is 37.0 Å². The molecule has 0 aliphatic carbocycles. The fourth-order valence-corrected chi connectivity index (χ4v) is 2.21. The first-order valence-electron chi connectivity index (χ1n) is 6.52. The van der Waals surface area contributed by atoms with E-state index in [0.29, 0.717) is 36.4 Å². The summed E-state index contributed by atoms with van der Waals surface area (Å²) >= 11 is 0. The highest BCUT2D eigenvalue weighted by Gasteiger charge is 2.35. The van der Waals surface area contributed by atoms with Gasteiger partial charge in [0.05, 0.1) is 0 Å². The van der Waals surface area contributed by atoms with Crippen LogP contribution in [-0.2, 0) is 0 Å². The first kappa shape index (κ1) is 13.8. The number of rotatable bonds is 6. The molecule has 104 valence electrons. The number of Topliss-reactive ketones (excluding diaryl/α,β-unsaturated/α-hetero) is 1. The maximum atomic E-state index is 12.4. The molecule has 1 aromatic carbocycles. The molecule has 0 amide bonds. The van der Waals surface area contributed by atoms with Gasteiger partial charge in [0.2, 0.25) is 12.6 Å². The predicted molar refractivity (Wildman–Crippen MR) is 70.4 cm³/mol. The van der Waals surface area contributed by atoms with Gasteiger partial charge in [0.15, 0.2) is 17.2 Å². The van der Waals surface area contributed by atoms with Crippen LogP contribution >= 0.6 is 0 Å². The summed E-state index contributed by atoms with van der Waals surface area (Å²) in [4.78, 5) is 12.4. The van der Waals surface area contributed by atoms with Gasteiger partial charge in [-0.2, -0.15) is 0 Å². The molecule has 1 unspecified atom stereocenters. The molecule has 0 spiro atoms. The second-order valence-electron chi connectivity index (χ2n) is 4.54. The maximum absolute atomic E-state index is 12.4. The number of nitrogens with one attached hydrogen (secondary N) is 1. The summed E-state index contributed by atoms with van der Waals surface area (Å²) in [6.45, 7) is 4.47. The van der Waals surface area contributed by atoms with Crippen LogP contribution in [0.3, 0.4) is 0 Å². The first-order chi connectivity index (χ1) is 9.10. The average molecular weight is 265 g/mol. The van der Waals surface area contributed by atoms with Gasteiger partial charge < -0.3 is 14.6 Å². The van der Waals surface area contributed by atoms with Gasteiger partial charge in [-0.05, 0) is 31.2 Å². The predicted octanol–water partition coefficient (Wildman–Crippen LogP) is 1.70. The lowest BCUT2D eigenvalue weighted by Crippen LogP contribution is -2.51. The Kier molecular flexibility index (Phi) is 4.07. The van der Waals surface area contributed by atoms with Crippen LogP contribution in [0.2, 0.25) is 0 Å². The van der Waals surface area contributed by atoms with Gasteiger partial charge in [-0.15, -0.1) is 0 Å². The van der Waals surface area contributed by atoms with Crippen molar-refractivity contribution in [1.82, 2.24) is 5.32 Å². The average Bonchev–Trinajstić information content (AvgIpc) is 2.85. The third kappa shape index (κ3) is 2.72. The van der Waals surface area contributed by atoms with E-state index in [-0.39, 0.29) is 12.6 Å². The van der Waals surface area contributed by atoms with Gasteiger partial charge in [0.25, 0.3) is 0 Å². The highest BCUT2D eigenvalue weighted by Crippen LogP contribution is 2.33. The summed E-state index contributed by atoms with van der Waals surface area (Å²) in [5, 5.41) is 13.3. The summed E-state index contributed by atoms with van der Waals surface area (Å²) in [5.41, 5.74) is -1.10. The second-order valence-corrected chi connectivity index (χ2v) is 4.54. The maximum Gasteiger partial charge on any atom is 0.231 e. The summed E-state index contributed by atoms with van der Waals surface area (Å²) in [5.74, 6) is 0.828. The Labute approximate surface area is 112 Å². The number of ketones is 1. The monoisotopic (exact) mass is 265 g/mol. The molecular formula is C14H19NO4. The lowest BCUT2D eigenvalue weighted by molar-refractivity contribution is 0.00788. The Hall–Kier alpha value is -1.59. The Morgan fingerprint density at radius 3 is 2.79 bits per heavy atom. The van der Waals surface area contributed by atoms with Gasteiger partial charge >= 0.3 is 0 Å². The van der Waals surface area contributed by atoms with Crippen molar-refractivity contribution in [2.75, 3.05) is 13.3 Å². The van der Waals surface area contributed by atoms with Crippen molar-refractivity contribution in [3.63, 3.8) is 0 Å². The van der Waals surface area contributed by atoms with Crippen molar-refractivity contribution in [2.24, 2.45) is 0 Å². The normalized spacial score (nSPS) is 16.2. The molecule has 2 rings (SSSR count). The lowest BCUT2D eigenvalue weighted by Gasteiger charge is -2.27. The number of aliphatic hydroxyl groups is 1. The number of ether oxygens (including phenoxy) is 2. The fraction of sp³-hybridized carbons (Fsp3) is 0.500. The van der Waals surface area contributed by atoms with E-state index in [9.17, 15) is 9.90 Å². The van der Waals surface area contributed by atoms with Crippen molar-refractivity contribution in [2.45, 2.75) is 32.4 Å². The third-order valence-corrected chi connectivity index (χ3v) is 3.09. The fourth-order valence-electron chi connectivity index (χ4n) is 2.21. The van der Waals surface area contributed by atoms with Crippen molar-refractivity contribution < 1.29 is 19.4 Å². The van der Waals surface area contributed by atoms with Gasteiger partial charge in [-0.1, -0.05) is 20.3 Å². The number of carbonyl (C=O) groups excluding carboxylic acids is 1. The van der Waals surface area contributed by atoms with Gasteiger partial charge in [-0.25, -0.2) is 0 Å². The molecular weight excluding hydrogens is 246 g/mol. The molecule has 1 aliphatic rings. The van der Waals surface area contributed by atoms with Crippen LogP contribution in [0.25, 0.3) is 0 Å². The molecule has 2 N–H and O–H groups in total. The van der Waals surface area contributed by atoms with Crippen molar-refractivity contribution in [3.05, 3.63) is 23.8 Å². The number of hydrogen-bond acceptors (Lipinski definition) is 5. The van der Waals surface area contributed by atoms with E-state index >= 15 is 0 Å². The van der Waals surface area contributed by atoms with Crippen LogP contribution in [-0.4, -0.2) is 30.0 Å². The van der Waals surface area contributed by atoms with E-state index in [1.54, 1.807) is 18.2 Å². The van der Waals surface area contributed by atoms with E-state index in [2.05, 4.69) is 5.32 Å². The first-order valence-corrected chi connectivity index (χ1v) is 6.52. The molecule has 1 aliphatic heterocycles. The van der Waals surface area contributed by atoms with Crippen LogP contribution in [0.15, 0.2) is 18.2 Å². The van der Waals surface area contributed by atoms with E-state index in [0.717, 1.165) is 0 Å². The van der Waals surface area contributed by atoms with E-state index in [1.165, 1.54) is 0 Å². The molecule has 5 nitrogen and oxygen atoms in total. The van der Waals surface area contributed by atoms with Crippen molar-refractivity contribution in [3.8, 4) is 11.5 Å². The molecule has 0 radical (unpaired) electrons. The number of hydrogen-bond donors (Lipinski definition) is 2. The molecule has 19 heavy (non-hydrogen) atoms. The van der Waals surface area contributed by atoms with E-state index in [4.69, 9.17) is 9.47 Å². The van der Waals surface area contributed by atoms with Crippen molar-refractivity contribution >= 4 is 5.78 Å². The van der Waals surface area contributed by atoms with Gasteiger partial charge in [0, 0.05) is 5.56 Å². The zero-order valence-corrected chi connectivity index (χ0v) is 11.2. The smallest absolute Gasteiger partial charge is 0.231 e. The van der Waals surface area contributed by atoms with Crippen LogP contribution in [0.5, 0.6) is 11.5 Å². The molecule has 1 atom stereocenters. The number of likely N-dealkylation sites (N-methyl/N-ethyl adjacent to an activating group) is 1. The lowest BCUT2D eigenvalue weighted by atomic mass is 9.96. The van der Waals surface area contributed by atoms with Gasteiger partial charge in [-0.3, -0.25) is 10.1 Å². The summed E-state index contributed by atoms with van der Waals surface area (Å²) in [7, 11) is 0. The van der Waals surface area contributed by atoms with Crippen LogP contribution < -0.4 is 14.8 Å². The Balaban J connectivity index is 2.26. The topological polar surface area (TPSA) is 67.8 Å². The SMILES string of the molecule is CCCC(O)(NCC)C(=O)c1ccc2c(c1)OCO2. The molecule has 0 fully saturated rings. The van der Waals surface area contributed by atoms with E-state index < -0.39 is 5.72 Å². The Morgan fingerprint density at radius 1 is 1.37 bits per heavy atom. The zero-order valence-electron chi connectivity index (χ0n) is 11.2. The quantitative estimate of drug-likeness (QED) is 0.605. The van der Waals surface area contributed by atoms with Gasteiger partial charge in [0.1, 0.15) is 0 Å². The molecule has 0 bridgehead atoms. The van der Waals surface area contributed by atoms with Crippen molar-refractivity contribution in [1.29, 1.82) is 0 Å². The molecule has 0 saturated carbocycles. The summed E-state index contributed by atoms with van der Waals surface area (Å²) in [6, 6.07) is 4.95. The summed E-state index contributed by atoms with van der Waals surface area (Å²) < 4.78 is 10.4. The number of fused-ring (bicyclic) bond motifs is 1. The zero-order chi connectivity index (χ0) is 13.9. The molecule has 1 aromatic rings. The number of benzene rings is 1. The largest absolute Gasteiger partial charge is 0.454 e. The highest BCUT2D eigenvalue weighted by molar-refractivity contribution is 6.02. The Morgan fingerprint density at radius 2 is 2.11 bits per heavy atom. The molecule has 0 saturated heterocycles. The number of carbonyl (C=O) groups is 1. The highest BCUT2D eigenvalue weighted by atomic mass is 16.7. The molecule has 1 heterocycles.